The van der Waals surface area contributed by atoms with Crippen LogP contribution in [0, 0.1) is 5.92 Å². The van der Waals surface area contributed by atoms with Crippen LogP contribution in [0.4, 0.5) is 4.79 Å². The summed E-state index contributed by atoms with van der Waals surface area (Å²) in [6, 6.07) is 7.63. The van der Waals surface area contributed by atoms with E-state index in [1.807, 2.05) is 29.4 Å². The largest absolute Gasteiger partial charge is 0.341 e. The van der Waals surface area contributed by atoms with Gasteiger partial charge >= 0.3 is 6.03 Å². The van der Waals surface area contributed by atoms with Crippen LogP contribution in [0.5, 0.6) is 0 Å². The molecule has 1 aromatic carbocycles. The molecular weight excluding hydrogens is 346 g/mol. The van der Waals surface area contributed by atoms with E-state index in [4.69, 9.17) is 0 Å². The predicted molar refractivity (Wildman–Crippen MR) is 98.8 cm³/mol. The van der Waals surface area contributed by atoms with Crippen molar-refractivity contribution in [3.8, 4) is 0 Å². The third kappa shape index (κ3) is 3.79. The average molecular weight is 369 g/mol. The second-order valence-corrected chi connectivity index (χ2v) is 7.23. The van der Waals surface area contributed by atoms with Crippen LogP contribution in [0.2, 0.25) is 0 Å². The van der Waals surface area contributed by atoms with Gasteiger partial charge in [-0.2, -0.15) is 0 Å². The quantitative estimate of drug-likeness (QED) is 0.878. The van der Waals surface area contributed by atoms with Crippen LogP contribution in [0.3, 0.4) is 0 Å². The fourth-order valence-corrected chi connectivity index (χ4v) is 3.81. The SMILES string of the molecule is O=C1CCN(CC(=O)N2CCC(Cn3cnc4ccccc43)CC2)C(=O)N1. The van der Waals surface area contributed by atoms with Gasteiger partial charge in [-0.1, -0.05) is 12.1 Å². The Kier molecular flexibility index (Phi) is 4.79. The van der Waals surface area contributed by atoms with Crippen molar-refractivity contribution in [2.75, 3.05) is 26.2 Å². The van der Waals surface area contributed by atoms with Crippen LogP contribution in [0.1, 0.15) is 19.3 Å². The highest BCUT2D eigenvalue weighted by Gasteiger charge is 2.28. The minimum atomic E-state index is -0.471. The van der Waals surface area contributed by atoms with Crippen LogP contribution < -0.4 is 5.32 Å². The van der Waals surface area contributed by atoms with Gasteiger partial charge in [-0.25, -0.2) is 9.78 Å². The number of benzene rings is 1. The number of piperidine rings is 1. The highest BCUT2D eigenvalue weighted by atomic mass is 16.2. The van der Waals surface area contributed by atoms with Gasteiger partial charge in [-0.3, -0.25) is 14.9 Å². The Morgan fingerprint density at radius 1 is 1.15 bits per heavy atom. The number of hydrogen-bond donors (Lipinski definition) is 1. The molecule has 0 bridgehead atoms. The number of fused-ring (bicyclic) bond motifs is 1. The Bertz CT molecular complexity index is 869. The summed E-state index contributed by atoms with van der Waals surface area (Å²) in [5, 5.41) is 2.25. The molecule has 4 amide bonds. The maximum Gasteiger partial charge on any atom is 0.324 e. The lowest BCUT2D eigenvalue weighted by molar-refractivity contribution is -0.134. The smallest absolute Gasteiger partial charge is 0.324 e. The third-order valence-corrected chi connectivity index (χ3v) is 5.42. The number of imidazole rings is 1. The number of aromatic nitrogens is 2. The van der Waals surface area contributed by atoms with Gasteiger partial charge in [0, 0.05) is 32.6 Å². The number of imide groups is 1. The van der Waals surface area contributed by atoms with Gasteiger partial charge in [0.25, 0.3) is 0 Å². The van der Waals surface area contributed by atoms with Gasteiger partial charge in [0.2, 0.25) is 11.8 Å². The van der Waals surface area contributed by atoms with Crippen LogP contribution in [0.25, 0.3) is 11.0 Å². The van der Waals surface area contributed by atoms with E-state index in [0.29, 0.717) is 25.6 Å². The maximum atomic E-state index is 12.5. The van der Waals surface area contributed by atoms with Crippen molar-refractivity contribution < 1.29 is 14.4 Å². The van der Waals surface area contributed by atoms with E-state index in [1.54, 1.807) is 0 Å². The summed E-state index contributed by atoms with van der Waals surface area (Å²) in [5.74, 6) is 0.171. The molecule has 27 heavy (non-hydrogen) atoms. The lowest BCUT2D eigenvalue weighted by Crippen LogP contribution is -2.53. The summed E-state index contributed by atoms with van der Waals surface area (Å²) in [7, 11) is 0. The zero-order chi connectivity index (χ0) is 18.8. The molecule has 4 rings (SSSR count). The Morgan fingerprint density at radius 3 is 2.70 bits per heavy atom. The minimum absolute atomic E-state index is 0.0376. The molecule has 2 aliphatic heterocycles. The number of para-hydroxylation sites is 2. The Balaban J connectivity index is 1.29. The van der Waals surface area contributed by atoms with Gasteiger partial charge in [0.15, 0.2) is 0 Å². The van der Waals surface area contributed by atoms with Crippen molar-refractivity contribution >= 4 is 28.9 Å². The first-order chi connectivity index (χ1) is 13.1. The minimum Gasteiger partial charge on any atom is -0.341 e. The fraction of sp³-hybridized carbons (Fsp3) is 0.474. The van der Waals surface area contributed by atoms with E-state index in [-0.39, 0.29) is 24.8 Å². The molecule has 1 N–H and O–H groups in total. The normalized spacial score (nSPS) is 18.8. The molecule has 0 radical (unpaired) electrons. The first-order valence-electron chi connectivity index (χ1n) is 9.36. The van der Waals surface area contributed by atoms with Gasteiger partial charge in [-0.05, 0) is 30.9 Å². The standard InChI is InChI=1S/C19H23N5O3/c25-17-7-10-23(19(27)21-17)12-18(26)22-8-5-14(6-9-22)11-24-13-20-15-3-1-2-4-16(15)24/h1-4,13-14H,5-12H2,(H,21,25,27). The van der Waals surface area contributed by atoms with Crippen molar-refractivity contribution in [3.05, 3.63) is 30.6 Å². The predicted octanol–water partition coefficient (Wildman–Crippen LogP) is 1.22. The zero-order valence-corrected chi connectivity index (χ0v) is 15.1. The van der Waals surface area contributed by atoms with E-state index in [1.165, 1.54) is 4.90 Å². The molecular formula is C19H23N5O3. The van der Waals surface area contributed by atoms with Crippen molar-refractivity contribution in [2.24, 2.45) is 5.92 Å². The molecule has 8 heteroatoms. The molecule has 2 fully saturated rings. The summed E-state index contributed by atoms with van der Waals surface area (Å²) in [5.41, 5.74) is 2.14. The van der Waals surface area contributed by atoms with Gasteiger partial charge in [0.05, 0.1) is 17.4 Å². The molecule has 1 aromatic heterocycles. The molecule has 2 saturated heterocycles. The topological polar surface area (TPSA) is 87.5 Å². The monoisotopic (exact) mass is 369 g/mol. The van der Waals surface area contributed by atoms with Crippen molar-refractivity contribution in [1.29, 1.82) is 0 Å². The molecule has 2 aromatic rings. The number of urea groups is 1. The molecule has 3 heterocycles. The number of carbonyl (C=O) groups excluding carboxylic acids is 3. The molecule has 142 valence electrons. The van der Waals surface area contributed by atoms with Crippen molar-refractivity contribution in [2.45, 2.75) is 25.8 Å². The van der Waals surface area contributed by atoms with Crippen molar-refractivity contribution in [3.63, 3.8) is 0 Å². The second kappa shape index (κ2) is 7.38. The number of hydrogen-bond acceptors (Lipinski definition) is 4. The number of nitrogens with zero attached hydrogens (tertiary/aromatic N) is 4. The van der Waals surface area contributed by atoms with E-state index in [9.17, 15) is 14.4 Å². The maximum absolute atomic E-state index is 12.5. The molecule has 0 saturated carbocycles. The molecule has 2 aliphatic rings. The van der Waals surface area contributed by atoms with Gasteiger partial charge in [0.1, 0.15) is 6.54 Å². The molecule has 0 aliphatic carbocycles. The molecule has 0 atom stereocenters. The van der Waals surface area contributed by atoms with E-state index in [2.05, 4.69) is 20.9 Å². The molecule has 0 unspecified atom stereocenters. The Labute approximate surface area is 157 Å². The summed E-state index contributed by atoms with van der Waals surface area (Å²) < 4.78 is 2.19. The van der Waals surface area contributed by atoms with Crippen LogP contribution in [0.15, 0.2) is 30.6 Å². The zero-order valence-electron chi connectivity index (χ0n) is 15.1. The fourth-order valence-electron chi connectivity index (χ4n) is 3.81. The molecule has 0 spiro atoms. The van der Waals surface area contributed by atoms with Crippen LogP contribution in [-0.4, -0.2) is 63.4 Å². The Morgan fingerprint density at radius 2 is 1.93 bits per heavy atom. The highest BCUT2D eigenvalue weighted by molar-refractivity contribution is 5.98. The second-order valence-electron chi connectivity index (χ2n) is 7.23. The van der Waals surface area contributed by atoms with Crippen molar-refractivity contribution in [1.82, 2.24) is 24.7 Å². The van der Waals surface area contributed by atoms with Crippen LogP contribution in [-0.2, 0) is 16.1 Å². The summed E-state index contributed by atoms with van der Waals surface area (Å²) in [4.78, 5) is 43.1. The number of amides is 4. The Hall–Kier alpha value is -2.90. The lowest BCUT2D eigenvalue weighted by Gasteiger charge is -2.34. The van der Waals surface area contributed by atoms with E-state index < -0.39 is 6.03 Å². The number of carbonyl (C=O) groups is 3. The number of rotatable bonds is 4. The van der Waals surface area contributed by atoms with Crippen LogP contribution >= 0.6 is 0 Å². The summed E-state index contributed by atoms with van der Waals surface area (Å²) in [6.45, 7) is 2.64. The van der Waals surface area contributed by atoms with Gasteiger partial charge in [-0.15, -0.1) is 0 Å². The lowest BCUT2D eigenvalue weighted by atomic mass is 9.96. The van der Waals surface area contributed by atoms with E-state index in [0.717, 1.165) is 30.4 Å². The van der Waals surface area contributed by atoms with Gasteiger partial charge < -0.3 is 14.4 Å². The first-order valence-corrected chi connectivity index (χ1v) is 9.36. The third-order valence-electron chi connectivity index (χ3n) is 5.42. The average Bonchev–Trinajstić information content (AvgIpc) is 3.08. The number of nitrogens with one attached hydrogen (secondary N) is 1. The highest BCUT2D eigenvalue weighted by Crippen LogP contribution is 2.22. The summed E-state index contributed by atoms with van der Waals surface area (Å²) >= 11 is 0. The van der Waals surface area contributed by atoms with E-state index >= 15 is 0 Å². The number of likely N-dealkylation sites (tertiary alicyclic amines) is 1. The summed E-state index contributed by atoms with van der Waals surface area (Å²) in [6.07, 6.45) is 4.00. The molecule has 8 nitrogen and oxygen atoms in total. The first kappa shape index (κ1) is 17.5.